The van der Waals surface area contributed by atoms with E-state index in [-0.39, 0.29) is 11.0 Å². The number of pyridine rings is 1. The van der Waals surface area contributed by atoms with E-state index < -0.39 is 5.97 Å². The molecule has 4 nitrogen and oxygen atoms in total. The van der Waals surface area contributed by atoms with Gasteiger partial charge >= 0.3 is 5.97 Å². The van der Waals surface area contributed by atoms with E-state index in [1.807, 2.05) is 13.8 Å². The number of aromatic carboxylic acids is 1. The van der Waals surface area contributed by atoms with Crippen LogP contribution in [0.1, 0.15) is 30.6 Å². The molecule has 0 fully saturated rings. The number of carbonyl (C=O) groups is 1. The topological polar surface area (TPSA) is 74.0 Å². The first-order valence-corrected chi connectivity index (χ1v) is 6.16. The Hall–Kier alpha value is -1.54. The molecule has 0 saturated carbocycles. The van der Waals surface area contributed by atoms with Gasteiger partial charge in [0.15, 0.2) is 0 Å². The molecule has 0 aliphatic carbocycles. The summed E-state index contributed by atoms with van der Waals surface area (Å²) in [5.74, 6) is -0.181. The number of rotatable bonds is 5. The second-order valence-electron chi connectivity index (χ2n) is 4.28. The van der Waals surface area contributed by atoms with Crippen LogP contribution in [0.4, 0.5) is 0 Å². The lowest BCUT2D eigenvalue weighted by Crippen LogP contribution is -2.08. The third-order valence-corrected chi connectivity index (χ3v) is 3.21. The lowest BCUT2D eigenvalue weighted by molar-refractivity contribution is 0.0696. The van der Waals surface area contributed by atoms with Gasteiger partial charge in [-0.25, -0.2) is 9.78 Å². The molecular weight excluding hydrogens is 236 g/mol. The molecule has 0 saturated heterocycles. The van der Waals surface area contributed by atoms with E-state index in [1.165, 1.54) is 24.0 Å². The molecule has 0 bridgehead atoms. The maximum absolute atomic E-state index is 10.6. The first-order chi connectivity index (χ1) is 7.94. The number of aromatic nitrogens is 1. The summed E-state index contributed by atoms with van der Waals surface area (Å²) in [6.45, 7) is 3.79. The summed E-state index contributed by atoms with van der Waals surface area (Å²) >= 11 is 1.53. The molecule has 17 heavy (non-hydrogen) atoms. The number of nitrogens with zero attached hydrogens (tertiary/aromatic N) is 2. The van der Waals surface area contributed by atoms with Crippen molar-refractivity contribution in [3.8, 4) is 6.07 Å². The fourth-order valence-electron chi connectivity index (χ4n) is 1.06. The van der Waals surface area contributed by atoms with Crippen LogP contribution in [0.3, 0.4) is 0 Å². The van der Waals surface area contributed by atoms with E-state index in [4.69, 9.17) is 10.4 Å². The van der Waals surface area contributed by atoms with Gasteiger partial charge in [-0.05, 0) is 32.4 Å². The Morgan fingerprint density at radius 1 is 1.59 bits per heavy atom. The van der Waals surface area contributed by atoms with Crippen molar-refractivity contribution in [1.29, 1.82) is 5.26 Å². The highest BCUT2D eigenvalue weighted by atomic mass is 32.2. The predicted octanol–water partition coefficient (Wildman–Crippen LogP) is 2.81. The first kappa shape index (κ1) is 13.5. The van der Waals surface area contributed by atoms with Crippen LogP contribution in [0.15, 0.2) is 23.4 Å². The zero-order chi connectivity index (χ0) is 12.9. The second-order valence-corrected chi connectivity index (χ2v) is 5.40. The standard InChI is InChI=1S/C12H14N2O2S/c1-12(2,8-13)5-6-17-10-4-3-9(7-14-10)11(15)16/h3-4,7H,5-6H2,1-2H3,(H,15,16). The average molecular weight is 250 g/mol. The smallest absolute Gasteiger partial charge is 0.337 e. The summed E-state index contributed by atoms with van der Waals surface area (Å²) in [5.41, 5.74) is -0.139. The molecule has 1 aromatic heterocycles. The highest BCUT2D eigenvalue weighted by Gasteiger charge is 2.16. The van der Waals surface area contributed by atoms with Gasteiger partial charge in [0.2, 0.25) is 0 Å². The van der Waals surface area contributed by atoms with Crippen LogP contribution in [0.25, 0.3) is 0 Å². The Bertz CT molecular complexity index is 435. The maximum Gasteiger partial charge on any atom is 0.337 e. The van der Waals surface area contributed by atoms with Crippen LogP contribution in [-0.4, -0.2) is 21.8 Å². The van der Waals surface area contributed by atoms with Crippen molar-refractivity contribution in [2.24, 2.45) is 5.41 Å². The molecule has 0 amide bonds. The zero-order valence-corrected chi connectivity index (χ0v) is 10.6. The minimum absolute atomic E-state index is 0.187. The lowest BCUT2D eigenvalue weighted by atomic mass is 9.93. The summed E-state index contributed by atoms with van der Waals surface area (Å²) < 4.78 is 0. The highest BCUT2D eigenvalue weighted by molar-refractivity contribution is 7.99. The molecule has 0 atom stereocenters. The molecule has 90 valence electrons. The second kappa shape index (κ2) is 5.69. The van der Waals surface area contributed by atoms with Gasteiger partial charge in [0.25, 0.3) is 0 Å². The van der Waals surface area contributed by atoms with E-state index in [0.29, 0.717) is 0 Å². The van der Waals surface area contributed by atoms with E-state index in [9.17, 15) is 4.79 Å². The highest BCUT2D eigenvalue weighted by Crippen LogP contribution is 2.24. The summed E-state index contributed by atoms with van der Waals surface area (Å²) in [6, 6.07) is 5.46. The average Bonchev–Trinajstić information content (AvgIpc) is 2.29. The number of carboxylic acid groups (broad SMARTS) is 1. The first-order valence-electron chi connectivity index (χ1n) is 5.18. The van der Waals surface area contributed by atoms with Gasteiger partial charge < -0.3 is 5.11 Å². The molecule has 5 heteroatoms. The Labute approximate surface area is 105 Å². The molecule has 1 rings (SSSR count). The molecular formula is C12H14N2O2S. The van der Waals surface area contributed by atoms with Crippen LogP contribution in [0, 0.1) is 16.7 Å². The van der Waals surface area contributed by atoms with Crippen molar-refractivity contribution in [2.75, 3.05) is 5.75 Å². The van der Waals surface area contributed by atoms with Crippen molar-refractivity contribution in [3.05, 3.63) is 23.9 Å². The molecule has 0 spiro atoms. The third-order valence-electron chi connectivity index (χ3n) is 2.26. The fraction of sp³-hybridized carbons (Fsp3) is 0.417. The predicted molar refractivity (Wildman–Crippen MR) is 65.9 cm³/mol. The molecule has 0 radical (unpaired) electrons. The van der Waals surface area contributed by atoms with Gasteiger partial charge in [-0.15, -0.1) is 11.8 Å². The SMILES string of the molecule is CC(C)(C#N)CCSc1ccc(C(=O)O)cn1. The van der Waals surface area contributed by atoms with E-state index in [0.717, 1.165) is 17.2 Å². The van der Waals surface area contributed by atoms with Gasteiger partial charge in [0, 0.05) is 11.9 Å². The summed E-state index contributed by atoms with van der Waals surface area (Å²) in [4.78, 5) is 14.7. The Morgan fingerprint density at radius 3 is 2.76 bits per heavy atom. The van der Waals surface area contributed by atoms with E-state index >= 15 is 0 Å². The van der Waals surface area contributed by atoms with Gasteiger partial charge in [-0.1, -0.05) is 0 Å². The Kier molecular flexibility index (Phi) is 4.53. The number of hydrogen-bond donors (Lipinski definition) is 1. The van der Waals surface area contributed by atoms with Crippen molar-refractivity contribution in [3.63, 3.8) is 0 Å². The molecule has 0 unspecified atom stereocenters. The quantitative estimate of drug-likeness (QED) is 0.813. The molecule has 0 aliphatic heterocycles. The number of carboxylic acids is 1. The summed E-state index contributed by atoms with van der Waals surface area (Å²) in [5, 5.41) is 18.3. The van der Waals surface area contributed by atoms with Gasteiger partial charge in [-0.3, -0.25) is 0 Å². The van der Waals surface area contributed by atoms with Crippen LogP contribution in [0.2, 0.25) is 0 Å². The van der Waals surface area contributed by atoms with Crippen molar-refractivity contribution in [2.45, 2.75) is 25.3 Å². The van der Waals surface area contributed by atoms with Crippen molar-refractivity contribution >= 4 is 17.7 Å². The third kappa shape index (κ3) is 4.45. The number of nitriles is 1. The van der Waals surface area contributed by atoms with E-state index in [1.54, 1.807) is 6.07 Å². The fourth-order valence-corrected chi connectivity index (χ4v) is 2.17. The number of thioether (sulfide) groups is 1. The lowest BCUT2D eigenvalue weighted by Gasteiger charge is -2.13. The summed E-state index contributed by atoms with van der Waals surface area (Å²) in [6.07, 6.45) is 2.12. The minimum Gasteiger partial charge on any atom is -0.478 e. The van der Waals surface area contributed by atoms with Crippen molar-refractivity contribution in [1.82, 2.24) is 4.98 Å². The Balaban J connectivity index is 2.49. The number of hydrogen-bond acceptors (Lipinski definition) is 4. The zero-order valence-electron chi connectivity index (χ0n) is 9.80. The largest absolute Gasteiger partial charge is 0.478 e. The molecule has 1 N–H and O–H groups in total. The van der Waals surface area contributed by atoms with Gasteiger partial charge in [0.05, 0.1) is 22.1 Å². The van der Waals surface area contributed by atoms with Gasteiger partial charge in [0.1, 0.15) is 0 Å². The Morgan fingerprint density at radius 2 is 2.29 bits per heavy atom. The normalized spacial score (nSPS) is 10.9. The van der Waals surface area contributed by atoms with Gasteiger partial charge in [-0.2, -0.15) is 5.26 Å². The van der Waals surface area contributed by atoms with Crippen LogP contribution < -0.4 is 0 Å². The molecule has 1 heterocycles. The monoisotopic (exact) mass is 250 g/mol. The van der Waals surface area contributed by atoms with Crippen LogP contribution in [0.5, 0.6) is 0 Å². The maximum atomic E-state index is 10.6. The van der Waals surface area contributed by atoms with Crippen molar-refractivity contribution < 1.29 is 9.90 Å². The van der Waals surface area contributed by atoms with E-state index in [2.05, 4.69) is 11.1 Å². The summed E-state index contributed by atoms with van der Waals surface area (Å²) in [7, 11) is 0. The van der Waals surface area contributed by atoms with Crippen LogP contribution >= 0.6 is 11.8 Å². The molecule has 0 aliphatic rings. The molecule has 0 aromatic carbocycles. The minimum atomic E-state index is -0.973. The molecule has 1 aromatic rings. The van der Waals surface area contributed by atoms with Crippen LogP contribution in [-0.2, 0) is 0 Å².